The number of carbonyl (C=O) groups is 2. The molecule has 5 nitrogen and oxygen atoms in total. The van der Waals surface area contributed by atoms with E-state index in [9.17, 15) is 22.8 Å². The Balaban J connectivity index is 1.67. The van der Waals surface area contributed by atoms with Gasteiger partial charge in [-0.1, -0.05) is 6.42 Å². The van der Waals surface area contributed by atoms with Gasteiger partial charge >= 0.3 is 6.18 Å². The second-order valence-corrected chi connectivity index (χ2v) is 6.69. The Morgan fingerprint density at radius 3 is 2.29 bits per heavy atom. The zero-order chi connectivity index (χ0) is 17.7. The first-order valence-corrected chi connectivity index (χ1v) is 8.60. The van der Waals surface area contributed by atoms with Crippen LogP contribution in [0.25, 0.3) is 0 Å². The van der Waals surface area contributed by atoms with E-state index < -0.39 is 12.1 Å². The molecule has 0 bridgehead atoms. The van der Waals surface area contributed by atoms with Gasteiger partial charge in [0.1, 0.15) is 0 Å². The van der Waals surface area contributed by atoms with Crippen molar-refractivity contribution < 1.29 is 22.8 Å². The standard InChI is InChI=1S/C16H26F3N3O2/c1-12(23)21-7-9-22(10-8-21)15(24)5-6-20-14-4-2-3-13(11-14)16(17,18)19/h13-14,20H,2-11H2,1H3. The molecule has 24 heavy (non-hydrogen) atoms. The van der Waals surface area contributed by atoms with Crippen molar-refractivity contribution in [2.75, 3.05) is 32.7 Å². The number of nitrogens with one attached hydrogen (secondary N) is 1. The Kier molecular flexibility index (Phi) is 6.48. The maximum atomic E-state index is 12.8. The van der Waals surface area contributed by atoms with Crippen molar-refractivity contribution in [3.63, 3.8) is 0 Å². The third-order valence-electron chi connectivity index (χ3n) is 4.99. The number of halogens is 3. The first-order chi connectivity index (χ1) is 11.3. The maximum Gasteiger partial charge on any atom is 0.391 e. The van der Waals surface area contributed by atoms with Crippen molar-refractivity contribution in [3.8, 4) is 0 Å². The van der Waals surface area contributed by atoms with Crippen LogP contribution in [0, 0.1) is 5.92 Å². The minimum Gasteiger partial charge on any atom is -0.339 e. The molecule has 1 saturated carbocycles. The van der Waals surface area contributed by atoms with E-state index in [0.29, 0.717) is 39.1 Å². The molecule has 2 fully saturated rings. The molecule has 2 rings (SSSR count). The van der Waals surface area contributed by atoms with Crippen molar-refractivity contribution in [2.24, 2.45) is 5.92 Å². The van der Waals surface area contributed by atoms with Crippen LogP contribution in [0.4, 0.5) is 13.2 Å². The molecule has 2 unspecified atom stereocenters. The molecule has 138 valence electrons. The Bertz CT molecular complexity index is 448. The van der Waals surface area contributed by atoms with Crippen LogP contribution in [0.2, 0.25) is 0 Å². The highest BCUT2D eigenvalue weighted by Crippen LogP contribution is 2.37. The molecule has 1 aliphatic carbocycles. The predicted molar refractivity (Wildman–Crippen MR) is 83.3 cm³/mol. The van der Waals surface area contributed by atoms with E-state index >= 15 is 0 Å². The molecule has 1 saturated heterocycles. The van der Waals surface area contributed by atoms with E-state index in [-0.39, 0.29) is 37.1 Å². The highest BCUT2D eigenvalue weighted by molar-refractivity contribution is 5.77. The number of alkyl halides is 3. The molecule has 1 aliphatic heterocycles. The third kappa shape index (κ3) is 5.36. The maximum absolute atomic E-state index is 12.8. The van der Waals surface area contributed by atoms with Gasteiger partial charge in [-0.2, -0.15) is 13.2 Å². The normalized spacial score (nSPS) is 25.7. The summed E-state index contributed by atoms with van der Waals surface area (Å²) in [5.74, 6) is -1.21. The molecule has 2 amide bonds. The fourth-order valence-electron chi connectivity index (χ4n) is 3.48. The van der Waals surface area contributed by atoms with E-state index in [1.807, 2.05) is 0 Å². The number of rotatable bonds is 4. The largest absolute Gasteiger partial charge is 0.391 e. The van der Waals surface area contributed by atoms with Crippen molar-refractivity contribution >= 4 is 11.8 Å². The van der Waals surface area contributed by atoms with E-state index in [2.05, 4.69) is 5.32 Å². The smallest absolute Gasteiger partial charge is 0.339 e. The second kappa shape index (κ2) is 8.18. The van der Waals surface area contributed by atoms with Gasteiger partial charge in [0.05, 0.1) is 5.92 Å². The molecule has 2 atom stereocenters. The third-order valence-corrected chi connectivity index (χ3v) is 4.99. The number of carbonyl (C=O) groups excluding carboxylic acids is 2. The van der Waals surface area contributed by atoms with Crippen LogP contribution in [-0.4, -0.2) is 66.6 Å². The highest BCUT2D eigenvalue weighted by atomic mass is 19.4. The fourth-order valence-corrected chi connectivity index (χ4v) is 3.48. The minimum absolute atomic E-state index is 0.00566. The van der Waals surface area contributed by atoms with Crippen LogP contribution in [0.5, 0.6) is 0 Å². The van der Waals surface area contributed by atoms with Crippen LogP contribution in [0.15, 0.2) is 0 Å². The SMILES string of the molecule is CC(=O)N1CCN(C(=O)CCNC2CCCC(C(F)(F)F)C2)CC1. The number of hydrogen-bond donors (Lipinski definition) is 1. The molecule has 0 spiro atoms. The zero-order valence-corrected chi connectivity index (χ0v) is 14.1. The summed E-state index contributed by atoms with van der Waals surface area (Å²) in [4.78, 5) is 26.8. The van der Waals surface area contributed by atoms with Crippen molar-refractivity contribution in [1.29, 1.82) is 0 Å². The lowest BCUT2D eigenvalue weighted by atomic mass is 9.85. The van der Waals surface area contributed by atoms with Crippen LogP contribution < -0.4 is 5.32 Å². The predicted octanol–water partition coefficient (Wildman–Crippen LogP) is 1.78. The van der Waals surface area contributed by atoms with E-state index in [1.165, 1.54) is 6.92 Å². The number of piperazine rings is 1. The van der Waals surface area contributed by atoms with Gasteiger partial charge in [0.25, 0.3) is 0 Å². The molecule has 0 aromatic heterocycles. The zero-order valence-electron chi connectivity index (χ0n) is 14.1. The lowest BCUT2D eigenvalue weighted by Crippen LogP contribution is -2.50. The molecule has 1 heterocycles. The topological polar surface area (TPSA) is 52.7 Å². The molecule has 8 heteroatoms. The van der Waals surface area contributed by atoms with Gasteiger partial charge in [-0.3, -0.25) is 9.59 Å². The Morgan fingerprint density at radius 1 is 1.08 bits per heavy atom. The average molecular weight is 349 g/mol. The van der Waals surface area contributed by atoms with Crippen molar-refractivity contribution in [1.82, 2.24) is 15.1 Å². The fraction of sp³-hybridized carbons (Fsp3) is 0.875. The molecule has 1 N–H and O–H groups in total. The van der Waals surface area contributed by atoms with Crippen LogP contribution in [-0.2, 0) is 9.59 Å². The Labute approximate surface area is 140 Å². The summed E-state index contributed by atoms with van der Waals surface area (Å²) < 4.78 is 38.3. The lowest BCUT2D eigenvalue weighted by molar-refractivity contribution is -0.183. The van der Waals surface area contributed by atoms with Gasteiger partial charge in [-0.15, -0.1) is 0 Å². The van der Waals surface area contributed by atoms with Crippen molar-refractivity contribution in [3.05, 3.63) is 0 Å². The van der Waals surface area contributed by atoms with Crippen LogP contribution in [0.3, 0.4) is 0 Å². The summed E-state index contributed by atoms with van der Waals surface area (Å²) in [6.45, 7) is 4.06. The van der Waals surface area contributed by atoms with Gasteiger partial charge in [0.15, 0.2) is 0 Å². The number of amides is 2. The number of nitrogens with zero attached hydrogens (tertiary/aromatic N) is 2. The molecule has 0 aromatic rings. The van der Waals surface area contributed by atoms with Crippen molar-refractivity contribution in [2.45, 2.75) is 51.2 Å². The molecule has 2 aliphatic rings. The van der Waals surface area contributed by atoms with E-state index in [4.69, 9.17) is 0 Å². The summed E-state index contributed by atoms with van der Waals surface area (Å²) in [5, 5.41) is 3.11. The first kappa shape index (κ1) is 19.0. The molecular formula is C16H26F3N3O2. The van der Waals surface area contributed by atoms with Crippen LogP contribution >= 0.6 is 0 Å². The monoisotopic (exact) mass is 349 g/mol. The van der Waals surface area contributed by atoms with Gasteiger partial charge < -0.3 is 15.1 Å². The molecular weight excluding hydrogens is 323 g/mol. The van der Waals surface area contributed by atoms with E-state index in [1.54, 1.807) is 9.80 Å². The molecule has 0 aromatic carbocycles. The molecule has 0 radical (unpaired) electrons. The Hall–Kier alpha value is -1.31. The quantitative estimate of drug-likeness (QED) is 0.842. The number of hydrogen-bond acceptors (Lipinski definition) is 3. The summed E-state index contributed by atoms with van der Waals surface area (Å²) in [7, 11) is 0. The average Bonchev–Trinajstić information content (AvgIpc) is 2.54. The summed E-state index contributed by atoms with van der Waals surface area (Å²) in [6.07, 6.45) is -2.21. The van der Waals surface area contributed by atoms with Gasteiger partial charge in [0.2, 0.25) is 11.8 Å². The minimum atomic E-state index is -4.12. The lowest BCUT2D eigenvalue weighted by Gasteiger charge is -2.34. The summed E-state index contributed by atoms with van der Waals surface area (Å²) in [5.41, 5.74) is 0. The Morgan fingerprint density at radius 2 is 1.71 bits per heavy atom. The van der Waals surface area contributed by atoms with Gasteiger partial charge in [0, 0.05) is 52.1 Å². The van der Waals surface area contributed by atoms with Gasteiger partial charge in [-0.25, -0.2) is 0 Å². The van der Waals surface area contributed by atoms with Gasteiger partial charge in [-0.05, 0) is 19.3 Å². The second-order valence-electron chi connectivity index (χ2n) is 6.69. The van der Waals surface area contributed by atoms with E-state index in [0.717, 1.165) is 6.42 Å². The van der Waals surface area contributed by atoms with Crippen LogP contribution in [0.1, 0.15) is 39.0 Å². The summed E-state index contributed by atoms with van der Waals surface area (Å²) in [6, 6.07) is -0.160. The summed E-state index contributed by atoms with van der Waals surface area (Å²) >= 11 is 0. The highest BCUT2D eigenvalue weighted by Gasteiger charge is 2.42. The first-order valence-electron chi connectivity index (χ1n) is 8.60.